The first-order valence-electron chi connectivity index (χ1n) is 3.54. The van der Waals surface area contributed by atoms with E-state index in [2.05, 4.69) is 4.74 Å². The molecule has 0 fully saturated rings. The molecular formula is C6H12O4S2. The van der Waals surface area contributed by atoms with Crippen LogP contribution >= 0.6 is 10.8 Å². The summed E-state index contributed by atoms with van der Waals surface area (Å²) < 4.78 is 26.3. The molecule has 0 heterocycles. The highest BCUT2D eigenvalue weighted by molar-refractivity contribution is 8.72. The average molecular weight is 212 g/mol. The fourth-order valence-electron chi connectivity index (χ4n) is 0.424. The van der Waals surface area contributed by atoms with Crippen LogP contribution in [0.1, 0.15) is 13.8 Å². The molecule has 0 rings (SSSR count). The molecule has 0 aromatic heterocycles. The van der Waals surface area contributed by atoms with Crippen molar-refractivity contribution in [2.45, 2.75) is 13.8 Å². The molecule has 0 atom stereocenters. The third kappa shape index (κ3) is 5.42. The third-order valence-electron chi connectivity index (χ3n) is 1.02. The van der Waals surface area contributed by atoms with E-state index in [1.807, 2.05) is 0 Å². The predicted octanol–water partition coefficient (Wildman–Crippen LogP) is 0.632. The molecule has 6 heteroatoms. The van der Waals surface area contributed by atoms with Crippen molar-refractivity contribution in [3.63, 3.8) is 0 Å². The quantitative estimate of drug-likeness (QED) is 0.494. The van der Waals surface area contributed by atoms with Crippen molar-refractivity contribution < 1.29 is 17.9 Å². The zero-order chi connectivity index (χ0) is 9.61. The largest absolute Gasteiger partial charge is 0.465 e. The second-order valence-electron chi connectivity index (χ2n) is 1.91. The van der Waals surface area contributed by atoms with Crippen LogP contribution in [-0.2, 0) is 18.4 Å². The van der Waals surface area contributed by atoms with Crippen molar-refractivity contribution in [2.75, 3.05) is 18.1 Å². The molecule has 0 radical (unpaired) electrons. The summed E-state index contributed by atoms with van der Waals surface area (Å²) in [7, 11) is -2.49. The normalized spacial score (nSPS) is 11.2. The van der Waals surface area contributed by atoms with Gasteiger partial charge in [0.15, 0.2) is 0 Å². The Morgan fingerprint density at radius 3 is 2.42 bits per heavy atom. The van der Waals surface area contributed by atoms with Crippen LogP contribution in [0.2, 0.25) is 0 Å². The zero-order valence-electron chi connectivity index (χ0n) is 7.07. The average Bonchev–Trinajstić information content (AvgIpc) is 2.02. The first-order chi connectivity index (χ1) is 5.52. The standard InChI is InChI=1S/C6H12O4S2/c1-3-10-6(7)5-11-12(8,9)4-2/h3-5H2,1-2H3. The van der Waals surface area contributed by atoms with Gasteiger partial charge in [-0.15, -0.1) is 0 Å². The van der Waals surface area contributed by atoms with Crippen molar-refractivity contribution in [2.24, 2.45) is 0 Å². The van der Waals surface area contributed by atoms with Crippen LogP contribution in [0.3, 0.4) is 0 Å². The van der Waals surface area contributed by atoms with Crippen molar-refractivity contribution in [1.29, 1.82) is 0 Å². The number of hydrogen-bond acceptors (Lipinski definition) is 5. The molecule has 72 valence electrons. The Morgan fingerprint density at radius 2 is 2.00 bits per heavy atom. The van der Waals surface area contributed by atoms with Gasteiger partial charge in [0.25, 0.3) is 0 Å². The summed E-state index contributed by atoms with van der Waals surface area (Å²) in [6, 6.07) is 0. The van der Waals surface area contributed by atoms with Crippen molar-refractivity contribution >= 4 is 25.6 Å². The first kappa shape index (κ1) is 11.8. The van der Waals surface area contributed by atoms with Crippen molar-refractivity contribution in [1.82, 2.24) is 0 Å². The lowest BCUT2D eigenvalue weighted by Crippen LogP contribution is -2.09. The molecule has 0 aliphatic rings. The molecule has 0 spiro atoms. The van der Waals surface area contributed by atoms with E-state index >= 15 is 0 Å². The number of carbonyl (C=O) groups is 1. The van der Waals surface area contributed by atoms with Crippen LogP contribution in [0.15, 0.2) is 0 Å². The van der Waals surface area contributed by atoms with Gasteiger partial charge >= 0.3 is 5.97 Å². The van der Waals surface area contributed by atoms with Gasteiger partial charge in [-0.2, -0.15) is 0 Å². The van der Waals surface area contributed by atoms with Gasteiger partial charge in [0.2, 0.25) is 8.87 Å². The number of rotatable bonds is 5. The minimum Gasteiger partial charge on any atom is -0.465 e. The molecule has 0 bridgehead atoms. The van der Waals surface area contributed by atoms with Gasteiger partial charge in [-0.1, -0.05) is 6.92 Å². The summed E-state index contributed by atoms with van der Waals surface area (Å²) in [6.07, 6.45) is 0. The third-order valence-corrected chi connectivity index (χ3v) is 4.57. The van der Waals surface area contributed by atoms with Crippen LogP contribution in [0.4, 0.5) is 0 Å². The number of carbonyl (C=O) groups excluding carboxylic acids is 1. The Labute approximate surface area is 76.0 Å². The van der Waals surface area contributed by atoms with Gasteiger partial charge in [0, 0.05) is 0 Å². The van der Waals surface area contributed by atoms with Gasteiger partial charge < -0.3 is 4.74 Å². The lowest BCUT2D eigenvalue weighted by molar-refractivity contribution is -0.139. The first-order valence-corrected chi connectivity index (χ1v) is 6.70. The second-order valence-corrected chi connectivity index (χ2v) is 6.36. The van der Waals surface area contributed by atoms with Gasteiger partial charge in [-0.3, -0.25) is 4.79 Å². The molecular weight excluding hydrogens is 200 g/mol. The highest BCUT2D eigenvalue weighted by Crippen LogP contribution is 2.12. The maximum atomic E-state index is 10.9. The maximum absolute atomic E-state index is 10.9. The van der Waals surface area contributed by atoms with Gasteiger partial charge in [-0.25, -0.2) is 8.42 Å². The van der Waals surface area contributed by atoms with Crippen LogP contribution in [0.5, 0.6) is 0 Å². The molecule has 12 heavy (non-hydrogen) atoms. The van der Waals surface area contributed by atoms with Crippen LogP contribution < -0.4 is 0 Å². The van der Waals surface area contributed by atoms with E-state index in [0.717, 1.165) is 0 Å². The lowest BCUT2D eigenvalue weighted by Gasteiger charge is -2.00. The maximum Gasteiger partial charge on any atom is 0.316 e. The molecule has 0 unspecified atom stereocenters. The minimum absolute atomic E-state index is 0.0388. The van der Waals surface area contributed by atoms with Gasteiger partial charge in [-0.05, 0) is 17.7 Å². The Bertz CT molecular complexity index is 232. The molecule has 0 saturated heterocycles. The van der Waals surface area contributed by atoms with E-state index in [1.54, 1.807) is 6.92 Å². The topological polar surface area (TPSA) is 60.4 Å². The molecule has 0 saturated carbocycles. The molecule has 0 amide bonds. The minimum atomic E-state index is -3.12. The van der Waals surface area contributed by atoms with E-state index in [-0.39, 0.29) is 18.1 Å². The molecule has 0 aliphatic heterocycles. The van der Waals surface area contributed by atoms with E-state index in [9.17, 15) is 13.2 Å². The van der Waals surface area contributed by atoms with E-state index in [1.165, 1.54) is 6.92 Å². The van der Waals surface area contributed by atoms with E-state index < -0.39 is 14.8 Å². The molecule has 0 aromatic carbocycles. The highest BCUT2D eigenvalue weighted by Gasteiger charge is 2.11. The number of hydrogen-bond donors (Lipinski definition) is 0. The van der Waals surface area contributed by atoms with Crippen LogP contribution in [0.25, 0.3) is 0 Å². The van der Waals surface area contributed by atoms with Crippen molar-refractivity contribution in [3.05, 3.63) is 0 Å². The smallest absolute Gasteiger partial charge is 0.316 e. The second kappa shape index (κ2) is 5.42. The summed E-state index contributed by atoms with van der Waals surface area (Å²) in [5.41, 5.74) is 0. The Morgan fingerprint density at radius 1 is 1.42 bits per heavy atom. The Balaban J connectivity index is 3.76. The SMILES string of the molecule is CCOC(=O)CSS(=O)(=O)CC. The monoisotopic (exact) mass is 212 g/mol. The van der Waals surface area contributed by atoms with Gasteiger partial charge in [0.05, 0.1) is 12.4 Å². The van der Waals surface area contributed by atoms with Crippen LogP contribution in [-0.4, -0.2) is 32.5 Å². The number of ether oxygens (including phenoxy) is 1. The van der Waals surface area contributed by atoms with Gasteiger partial charge in [0.1, 0.15) is 5.75 Å². The fourth-order valence-corrected chi connectivity index (χ4v) is 2.28. The summed E-state index contributed by atoms with van der Waals surface area (Å²) >= 11 is 0. The molecule has 0 aromatic rings. The molecule has 4 nitrogen and oxygen atoms in total. The number of esters is 1. The fraction of sp³-hybridized carbons (Fsp3) is 0.833. The molecule has 0 N–H and O–H groups in total. The summed E-state index contributed by atoms with van der Waals surface area (Å²) in [6.45, 7) is 3.50. The van der Waals surface area contributed by atoms with Crippen LogP contribution in [0, 0.1) is 0 Å². The van der Waals surface area contributed by atoms with E-state index in [4.69, 9.17) is 0 Å². The van der Waals surface area contributed by atoms with Crippen molar-refractivity contribution in [3.8, 4) is 0 Å². The molecule has 0 aliphatic carbocycles. The Kier molecular flexibility index (Phi) is 5.32. The lowest BCUT2D eigenvalue weighted by atomic mass is 10.8. The summed E-state index contributed by atoms with van der Waals surface area (Å²) in [5.74, 6) is -0.569. The summed E-state index contributed by atoms with van der Waals surface area (Å²) in [5, 5.41) is 0. The Hall–Kier alpha value is -0.230. The summed E-state index contributed by atoms with van der Waals surface area (Å²) in [4.78, 5) is 10.7. The highest BCUT2D eigenvalue weighted by atomic mass is 33.1. The predicted molar refractivity (Wildman–Crippen MR) is 48.6 cm³/mol. The zero-order valence-corrected chi connectivity index (χ0v) is 8.70. The van der Waals surface area contributed by atoms with E-state index in [0.29, 0.717) is 10.8 Å².